The quantitative estimate of drug-likeness (QED) is 0.0404. The zero-order chi connectivity index (χ0) is 87.5. The first kappa shape index (κ1) is 95.2. The third kappa shape index (κ3) is 29.5. The second-order valence-corrected chi connectivity index (χ2v) is 35.0. The summed E-state index contributed by atoms with van der Waals surface area (Å²) in [6.45, 7) is 11.4. The summed E-state index contributed by atoms with van der Waals surface area (Å²) >= 11 is 0. The number of rotatable bonds is 18. The number of para-hydroxylation sites is 2. The number of hydrogen-bond acceptors (Lipinski definition) is 24. The maximum atomic E-state index is 15.4. The molecule has 40 nitrogen and oxygen atoms in total. The lowest BCUT2D eigenvalue weighted by Gasteiger charge is -2.29. The van der Waals surface area contributed by atoms with E-state index in [1.54, 1.807) is 102 Å². The van der Waals surface area contributed by atoms with E-state index in [0.29, 0.717) is 38.6 Å². The smallest absolute Gasteiger partial charge is 0.327 e. The fraction of sp³-hybridized carbons (Fsp3) is 0.520. The van der Waals surface area contributed by atoms with Crippen LogP contribution in [0.2, 0.25) is 0 Å². The molecule has 3 aromatic heterocycles. The van der Waals surface area contributed by atoms with E-state index in [0.717, 1.165) is 50.1 Å². The Hall–Kier alpha value is -11.0. The summed E-state index contributed by atoms with van der Waals surface area (Å²) in [4.78, 5) is 255. The van der Waals surface area contributed by atoms with Crippen LogP contribution in [0.3, 0.4) is 0 Å². The van der Waals surface area contributed by atoms with E-state index in [1.807, 2.05) is 0 Å². The average Bonchev–Trinajstić information content (AvgIpc) is 1.68. The number of benzene rings is 2. The molecular weight excluding hydrogens is 1630 g/mol. The molecule has 2 aromatic carbocycles. The van der Waals surface area contributed by atoms with Gasteiger partial charge in [0.25, 0.3) is 0 Å². The molecule has 5 heterocycles. The minimum Gasteiger partial charge on any atom is -0.481 e. The zero-order valence-corrected chi connectivity index (χ0v) is 69.7. The number of aromatic nitrogens is 4. The van der Waals surface area contributed by atoms with E-state index in [4.69, 9.17) is 5.73 Å². The molecule has 15 atom stereocenters. The van der Waals surface area contributed by atoms with Gasteiger partial charge in [0.05, 0.1) is 31.4 Å². The number of imidazole rings is 1. The molecule has 14 amide bonds. The van der Waals surface area contributed by atoms with E-state index < -0.39 is 240 Å². The maximum absolute atomic E-state index is 15.4. The van der Waals surface area contributed by atoms with Gasteiger partial charge in [-0.25, -0.2) is 9.78 Å². The van der Waals surface area contributed by atoms with E-state index in [1.165, 1.54) is 19.4 Å². The van der Waals surface area contributed by atoms with Crippen LogP contribution in [0.4, 0.5) is 0 Å². The average molecular weight is 1740 g/mol. The summed E-state index contributed by atoms with van der Waals surface area (Å²) in [5.74, 6) is -23.1. The van der Waals surface area contributed by atoms with Crippen molar-refractivity contribution in [3.05, 3.63) is 90.3 Å². The van der Waals surface area contributed by atoms with Gasteiger partial charge in [-0.05, 0) is 74.1 Å². The lowest BCUT2D eigenvalue weighted by molar-refractivity contribution is -0.142. The lowest BCUT2D eigenvalue weighted by Crippen LogP contribution is -2.62. The Bertz CT molecular complexity index is 4470. The van der Waals surface area contributed by atoms with Crippen molar-refractivity contribution in [2.24, 2.45) is 23.5 Å². The van der Waals surface area contributed by atoms with Crippen molar-refractivity contribution in [3.8, 4) is 0 Å². The van der Waals surface area contributed by atoms with Gasteiger partial charge in [0.2, 0.25) is 82.7 Å². The number of aliphatic carboxylic acids is 3. The van der Waals surface area contributed by atoms with Gasteiger partial charge in [0.1, 0.15) is 78.5 Å². The number of aliphatic hydroxyl groups excluding tert-OH is 1. The Morgan fingerprint density at radius 2 is 0.916 bits per heavy atom. The number of carboxylic acids is 3. The number of carboxylic acid groups (broad SMARTS) is 3. The van der Waals surface area contributed by atoms with E-state index >= 15 is 19.2 Å². The largest absolute Gasteiger partial charge is 0.481 e. The fourth-order valence-electron chi connectivity index (χ4n) is 12.5. The van der Waals surface area contributed by atoms with Crippen LogP contribution in [0.25, 0.3) is 21.8 Å². The molecule has 5 aromatic rings. The molecule has 648 valence electrons. The second-order valence-electron chi connectivity index (χ2n) is 29.9. The van der Waals surface area contributed by atoms with Crippen LogP contribution in [-0.2, 0) is 101 Å². The number of carbonyl (C=O) groups excluding carboxylic acids is 14. The molecule has 2 fully saturated rings. The van der Waals surface area contributed by atoms with Crippen LogP contribution >= 0.6 is 43.2 Å². The van der Waals surface area contributed by atoms with Crippen molar-refractivity contribution in [2.45, 2.75) is 197 Å². The predicted octanol–water partition coefficient (Wildman–Crippen LogP) is -2.49. The SMILES string of the molecule is CC(C)C[C@@H]1NC(=O)[C@H](Cc2cnc[nH]2)NC(=O)[C@H](Cc2c[nH]c3ccccc23)NC(=O)[C@H](C)NC(=O)[C@@H]2CSSC[C@H](NC(=O)[C@H](Cc3c[nH]c4ccccc34)NC(=O)[C@H](C(C)C)NC(=O)[C@H](CC(C)C)NC(=O)[C@H](CCC(=O)O)NC(=O)CNC1=O)C(=O)N[C@@H]([C@@H](C)O)C(=O)N[C@H](C(=O)O)CSSC[C@H](N)C(=O)N[C@@H](CC(=O)O)C(=O)N2. The van der Waals surface area contributed by atoms with Crippen LogP contribution < -0.4 is 80.2 Å². The Labute approximate surface area is 698 Å². The summed E-state index contributed by atoms with van der Waals surface area (Å²) in [5.41, 5.74) is 8.59. The first-order chi connectivity index (χ1) is 56.3. The summed E-state index contributed by atoms with van der Waals surface area (Å²) in [5, 5.41) is 77.7. The minimum atomic E-state index is -1.97. The highest BCUT2D eigenvalue weighted by Gasteiger charge is 2.40. The van der Waals surface area contributed by atoms with Crippen LogP contribution in [-0.4, -0.2) is 261 Å². The molecule has 2 bridgehead atoms. The Kier molecular flexibility index (Phi) is 36.7. The van der Waals surface area contributed by atoms with Gasteiger partial charge in [-0.1, -0.05) is 121 Å². The molecule has 0 unspecified atom stereocenters. The Morgan fingerprint density at radius 1 is 0.462 bits per heavy atom. The van der Waals surface area contributed by atoms with Crippen LogP contribution in [0, 0.1) is 17.8 Å². The third-order valence-corrected chi connectivity index (χ3v) is 23.8. The number of amides is 14. The first-order valence-electron chi connectivity index (χ1n) is 38.2. The van der Waals surface area contributed by atoms with Gasteiger partial charge in [0, 0.05) is 94.8 Å². The maximum Gasteiger partial charge on any atom is 0.327 e. The highest BCUT2D eigenvalue weighted by Crippen LogP contribution is 2.27. The summed E-state index contributed by atoms with van der Waals surface area (Å²) in [7, 11) is 3.07. The summed E-state index contributed by atoms with van der Waals surface area (Å²) in [6.07, 6.45) is 0.474. The van der Waals surface area contributed by atoms with Gasteiger partial charge in [-0.15, -0.1) is 0 Å². The molecule has 44 heteroatoms. The molecule has 0 aliphatic carbocycles. The first-order valence-corrected chi connectivity index (χ1v) is 43.2. The normalized spacial score (nSPS) is 25.8. The number of aromatic amines is 3. The third-order valence-electron chi connectivity index (χ3n) is 18.9. The molecule has 119 heavy (non-hydrogen) atoms. The zero-order valence-electron chi connectivity index (χ0n) is 66.4. The van der Waals surface area contributed by atoms with Crippen molar-refractivity contribution in [2.75, 3.05) is 29.6 Å². The fourth-order valence-corrected chi connectivity index (χ4v) is 17.1. The van der Waals surface area contributed by atoms with Gasteiger partial charge in [-0.2, -0.15) is 0 Å². The number of carbonyl (C=O) groups is 17. The number of aliphatic hydroxyl groups is 1. The van der Waals surface area contributed by atoms with Gasteiger partial charge in [-0.3, -0.25) is 76.7 Å². The highest BCUT2D eigenvalue weighted by molar-refractivity contribution is 8.77. The number of hydrogen-bond donors (Lipinski definition) is 22. The number of H-pyrrole nitrogens is 3. The van der Waals surface area contributed by atoms with Crippen molar-refractivity contribution in [3.63, 3.8) is 0 Å². The Balaban J connectivity index is 1.35. The van der Waals surface area contributed by atoms with Crippen LogP contribution in [0.15, 0.2) is 73.4 Å². The number of nitrogens with two attached hydrogens (primary N) is 1. The van der Waals surface area contributed by atoms with E-state index in [9.17, 15) is 82.8 Å². The number of nitrogens with one attached hydrogen (secondary N) is 17. The van der Waals surface area contributed by atoms with Gasteiger partial charge in [0.15, 0.2) is 0 Å². The molecule has 0 spiro atoms. The second kappa shape index (κ2) is 45.8. The molecular formula is C75H103N19O21S4. The molecule has 2 aliphatic heterocycles. The van der Waals surface area contributed by atoms with Gasteiger partial charge >= 0.3 is 17.9 Å². The van der Waals surface area contributed by atoms with Gasteiger partial charge < -0.3 is 116 Å². The van der Waals surface area contributed by atoms with Crippen molar-refractivity contribution >= 4 is 166 Å². The number of fused-ring (bicyclic) bond motifs is 7. The summed E-state index contributed by atoms with van der Waals surface area (Å²) in [6, 6.07) is -9.85. The lowest BCUT2D eigenvalue weighted by atomic mass is 9.98. The summed E-state index contributed by atoms with van der Waals surface area (Å²) < 4.78 is 0. The Morgan fingerprint density at radius 3 is 1.44 bits per heavy atom. The predicted molar refractivity (Wildman–Crippen MR) is 440 cm³/mol. The van der Waals surface area contributed by atoms with Crippen LogP contribution in [0.5, 0.6) is 0 Å². The van der Waals surface area contributed by atoms with Crippen LogP contribution in [0.1, 0.15) is 104 Å². The van der Waals surface area contributed by atoms with Crippen molar-refractivity contribution in [1.29, 1.82) is 0 Å². The highest BCUT2D eigenvalue weighted by atomic mass is 33.1. The monoisotopic (exact) mass is 1730 g/mol. The van der Waals surface area contributed by atoms with E-state index in [2.05, 4.69) is 94.4 Å². The molecule has 2 saturated heterocycles. The molecule has 0 radical (unpaired) electrons. The number of nitrogens with zero attached hydrogens (tertiary/aromatic N) is 1. The molecule has 7 rings (SSSR count). The molecule has 23 N–H and O–H groups in total. The van der Waals surface area contributed by atoms with Crippen molar-refractivity contribution < 1.29 is 102 Å². The van der Waals surface area contributed by atoms with Crippen molar-refractivity contribution in [1.82, 2.24) is 94.4 Å². The standard InChI is InChI=1S/C75H103N19O21S4/c1-34(2)19-48-64(103)80-28-57(96)83-47(17-18-58(97)98)65(104)87-49(20-35(3)4)70(109)93-60(36(5)6)73(112)89-51(22-40-26-79-46-16-12-10-14-43(40)46)67(106)91-55-31-118-117-30-54(90-69(108)53(24-59(99)100)85-63(102)44(76)29-116-119-32-56(75(114)115)92-74(113)61(38(8)95)94-72(55)111)71(110)82-37(7)62(101)84-50(21-39-25-78-45-15-11-9-13-42(39)45)66(105)88-52(68(107)86-48)23-41-27-77-33-81-41/h9-16,25-27,33-38,44,47-56,60-61,78-79,95H,17-24,28-32,76H2,1-8H3,(H,77,81)(H,80,103)(H,82,110)(H,83,96)(H,84,101)(H,85,102)(H,86,107)(H,87,104)(H,88,105)(H,89,112)(H,90,108)(H,91,106)(H,92,113)(H,93,109)(H,94,111)(H,97,98)(H,99,100)(H,114,115)/t37-,38+,44-,47-,48-,49-,50-,51-,52-,53-,54-,55-,56-,60-,61-/m0/s1. The van der Waals surface area contributed by atoms with E-state index in [-0.39, 0.29) is 49.7 Å². The minimum absolute atomic E-state index is 0.0709. The molecule has 0 saturated carbocycles. The topological polar surface area (TPSA) is 626 Å². The molecule has 2 aliphatic rings.